The van der Waals surface area contributed by atoms with E-state index in [1.165, 1.54) is 0 Å². The minimum atomic E-state index is 0. The van der Waals surface area contributed by atoms with Gasteiger partial charge in [-0.1, -0.05) is 0 Å². The molecule has 0 aliphatic heterocycles. The Kier molecular flexibility index (Phi) is 47.6. The van der Waals surface area contributed by atoms with E-state index in [1.807, 2.05) is 0 Å². The molecule has 6 heavy (non-hydrogen) atoms. The maximum atomic E-state index is 4.90. The molecule has 0 rings (SSSR count). The molecule has 0 saturated carbocycles. The molecule has 0 radical (unpaired) electrons. The molecule has 0 amide bonds. The van der Waals surface area contributed by atoms with Crippen LogP contribution in [0.15, 0.2) is 0 Å². The van der Waals surface area contributed by atoms with Crippen molar-refractivity contribution < 1.29 is 25.0 Å². The van der Waals surface area contributed by atoms with E-state index in [-0.39, 0.29) is 25.0 Å². The quantitative estimate of drug-likeness (QED) is 0.420. The van der Waals surface area contributed by atoms with Crippen molar-refractivity contribution in [2.45, 2.75) is 0 Å². The Balaban J connectivity index is -0.0000000450. The van der Waals surface area contributed by atoms with Crippen LogP contribution in [0.5, 0.6) is 0 Å². The molecule has 0 bridgehead atoms. The maximum absolute atomic E-state index is 4.90. The van der Waals surface area contributed by atoms with Crippen LogP contribution in [-0.4, -0.2) is 18.6 Å². The first-order chi connectivity index (χ1) is 1.91. The molecule has 3 nitrogen and oxygen atoms in total. The molecule has 6 N–H and O–H groups in total. The van der Waals surface area contributed by atoms with Crippen LogP contribution in [0, 0.1) is 0 Å². The summed E-state index contributed by atoms with van der Waals surface area (Å²) in [5, 5.41) is 0. The molecular formula is C2H10N2OZn. The summed E-state index contributed by atoms with van der Waals surface area (Å²) in [4.78, 5) is 0. The summed E-state index contributed by atoms with van der Waals surface area (Å²) < 4.78 is 0. The van der Waals surface area contributed by atoms with Crippen molar-refractivity contribution in [3.8, 4) is 0 Å². The Hall–Kier alpha value is 0.503. The Morgan fingerprint density at radius 3 is 1.17 bits per heavy atom. The second-order valence-electron chi connectivity index (χ2n) is 0.577. The molecule has 0 saturated heterocycles. The molecule has 0 fully saturated rings. The van der Waals surface area contributed by atoms with Gasteiger partial charge in [-0.3, -0.25) is 0 Å². The third kappa shape index (κ3) is 24.5. The molecule has 0 atom stereocenters. The monoisotopic (exact) mass is 142 g/mol. The van der Waals surface area contributed by atoms with Gasteiger partial charge in [-0.25, -0.2) is 0 Å². The van der Waals surface area contributed by atoms with Crippen LogP contribution in [0.4, 0.5) is 0 Å². The van der Waals surface area contributed by atoms with E-state index in [9.17, 15) is 0 Å². The van der Waals surface area contributed by atoms with E-state index in [2.05, 4.69) is 0 Å². The molecule has 4 heteroatoms. The predicted octanol–water partition coefficient (Wildman–Crippen LogP) is -1.92. The van der Waals surface area contributed by atoms with Crippen molar-refractivity contribution in [1.82, 2.24) is 0 Å². The SMILES string of the molecule is NCCN.O.[Zn]. The van der Waals surface area contributed by atoms with Crippen LogP contribution in [0.1, 0.15) is 0 Å². The average molecular weight is 144 g/mol. The van der Waals surface area contributed by atoms with E-state index in [0.717, 1.165) is 0 Å². The molecule has 0 aliphatic rings. The Bertz CT molecular complexity index is 13.5. The number of rotatable bonds is 1. The summed E-state index contributed by atoms with van der Waals surface area (Å²) in [5.41, 5.74) is 9.81. The van der Waals surface area contributed by atoms with Crippen LogP contribution in [0.3, 0.4) is 0 Å². The van der Waals surface area contributed by atoms with Gasteiger partial charge in [0.15, 0.2) is 0 Å². The van der Waals surface area contributed by atoms with E-state index >= 15 is 0 Å². The second-order valence-corrected chi connectivity index (χ2v) is 0.577. The largest absolute Gasteiger partial charge is 0.412 e. The maximum Gasteiger partial charge on any atom is 0.00461 e. The molecule has 36 valence electrons. The molecule has 0 aromatic carbocycles. The van der Waals surface area contributed by atoms with Crippen molar-refractivity contribution in [2.75, 3.05) is 13.1 Å². The van der Waals surface area contributed by atoms with Gasteiger partial charge in [-0.2, -0.15) is 0 Å². The zero-order chi connectivity index (χ0) is 3.41. The van der Waals surface area contributed by atoms with Crippen LogP contribution in [-0.2, 0) is 19.5 Å². The predicted molar refractivity (Wildman–Crippen MR) is 21.7 cm³/mol. The third-order valence-corrected chi connectivity index (χ3v) is 0.167. The molecule has 0 aliphatic carbocycles. The van der Waals surface area contributed by atoms with Crippen molar-refractivity contribution in [3.63, 3.8) is 0 Å². The van der Waals surface area contributed by atoms with E-state index in [1.54, 1.807) is 0 Å². The van der Waals surface area contributed by atoms with Crippen LogP contribution in [0.25, 0.3) is 0 Å². The molecule has 0 spiro atoms. The fourth-order valence-corrected chi connectivity index (χ4v) is 0. The summed E-state index contributed by atoms with van der Waals surface area (Å²) in [5.74, 6) is 0. The van der Waals surface area contributed by atoms with Gasteiger partial charge in [0.05, 0.1) is 0 Å². The summed E-state index contributed by atoms with van der Waals surface area (Å²) in [7, 11) is 0. The van der Waals surface area contributed by atoms with E-state index in [0.29, 0.717) is 13.1 Å². The smallest absolute Gasteiger partial charge is 0.00461 e. The van der Waals surface area contributed by atoms with Crippen LogP contribution >= 0.6 is 0 Å². The zero-order valence-electron chi connectivity index (χ0n) is 3.78. The Labute approximate surface area is 50.1 Å². The van der Waals surface area contributed by atoms with Crippen molar-refractivity contribution >= 4 is 0 Å². The van der Waals surface area contributed by atoms with Gasteiger partial charge in [-0.15, -0.1) is 0 Å². The summed E-state index contributed by atoms with van der Waals surface area (Å²) in [6.07, 6.45) is 0. The fraction of sp³-hybridized carbons (Fsp3) is 1.00. The number of nitrogens with two attached hydrogens (primary N) is 2. The molecular weight excluding hydrogens is 133 g/mol. The van der Waals surface area contributed by atoms with E-state index in [4.69, 9.17) is 11.5 Å². The van der Waals surface area contributed by atoms with Gasteiger partial charge < -0.3 is 16.9 Å². The first-order valence-electron chi connectivity index (χ1n) is 1.32. The zero-order valence-corrected chi connectivity index (χ0v) is 6.74. The first kappa shape index (κ1) is 16.0. The van der Waals surface area contributed by atoms with Gasteiger partial charge in [0.25, 0.3) is 0 Å². The Morgan fingerprint density at radius 2 is 1.17 bits per heavy atom. The van der Waals surface area contributed by atoms with Crippen molar-refractivity contribution in [3.05, 3.63) is 0 Å². The van der Waals surface area contributed by atoms with Gasteiger partial charge in [0.1, 0.15) is 0 Å². The fourth-order valence-electron chi connectivity index (χ4n) is 0. The van der Waals surface area contributed by atoms with Crippen LogP contribution < -0.4 is 11.5 Å². The standard InChI is InChI=1S/C2H8N2.H2O.Zn/c3-1-2-4;;/h1-4H2;1H2;. The summed E-state index contributed by atoms with van der Waals surface area (Å²) in [6.45, 7) is 1.19. The second kappa shape index (κ2) is 17.8. The van der Waals surface area contributed by atoms with Gasteiger partial charge in [-0.05, 0) is 0 Å². The van der Waals surface area contributed by atoms with Gasteiger partial charge >= 0.3 is 0 Å². The molecule has 0 aromatic heterocycles. The first-order valence-corrected chi connectivity index (χ1v) is 1.32. The minimum Gasteiger partial charge on any atom is -0.412 e. The normalized spacial score (nSPS) is 5.00. The van der Waals surface area contributed by atoms with Gasteiger partial charge in [0, 0.05) is 32.6 Å². The molecule has 0 unspecified atom stereocenters. The number of hydrogen-bond acceptors (Lipinski definition) is 2. The van der Waals surface area contributed by atoms with E-state index < -0.39 is 0 Å². The topological polar surface area (TPSA) is 83.5 Å². The third-order valence-electron chi connectivity index (χ3n) is 0.167. The van der Waals surface area contributed by atoms with Crippen molar-refractivity contribution in [2.24, 2.45) is 11.5 Å². The Morgan fingerprint density at radius 1 is 1.00 bits per heavy atom. The summed E-state index contributed by atoms with van der Waals surface area (Å²) >= 11 is 0. The average Bonchev–Trinajstić information content (AvgIpc) is 1.37. The number of hydrogen-bond donors (Lipinski definition) is 2. The van der Waals surface area contributed by atoms with Gasteiger partial charge in [0.2, 0.25) is 0 Å². The summed E-state index contributed by atoms with van der Waals surface area (Å²) in [6, 6.07) is 0. The van der Waals surface area contributed by atoms with Crippen molar-refractivity contribution in [1.29, 1.82) is 0 Å². The van der Waals surface area contributed by atoms with Crippen LogP contribution in [0.2, 0.25) is 0 Å². The molecule has 0 aromatic rings. The molecule has 0 heterocycles. The minimum absolute atomic E-state index is 0.